The van der Waals surface area contributed by atoms with Gasteiger partial charge in [-0.05, 0) is 20.8 Å². The van der Waals surface area contributed by atoms with E-state index in [1.54, 1.807) is 0 Å². The van der Waals surface area contributed by atoms with E-state index in [4.69, 9.17) is 0 Å². The molecular formula is C18H26F5NO5S. The normalized spacial score (nSPS) is 14.4. The van der Waals surface area contributed by atoms with Crippen LogP contribution in [0.25, 0.3) is 0 Å². The molecule has 0 aliphatic carbocycles. The highest BCUT2D eigenvalue weighted by Crippen LogP contribution is 2.39. The second kappa shape index (κ2) is 9.56. The summed E-state index contributed by atoms with van der Waals surface area (Å²) in [6, 6.07) is 10.6. The first kappa shape index (κ1) is 28.2. The van der Waals surface area contributed by atoms with E-state index in [2.05, 4.69) is 56.2 Å². The van der Waals surface area contributed by atoms with Crippen molar-refractivity contribution < 1.29 is 48.9 Å². The van der Waals surface area contributed by atoms with Gasteiger partial charge in [-0.1, -0.05) is 30.3 Å². The number of carbonyl (C=O) groups is 1. The van der Waals surface area contributed by atoms with Crippen molar-refractivity contribution in [3.8, 4) is 0 Å². The molecule has 1 unspecified atom stereocenters. The van der Waals surface area contributed by atoms with Gasteiger partial charge in [0, 0.05) is 5.56 Å². The van der Waals surface area contributed by atoms with E-state index in [9.17, 15) is 39.7 Å². The average molecular weight is 463 g/mol. The first-order valence-corrected chi connectivity index (χ1v) is 9.95. The molecule has 0 heterocycles. The predicted molar refractivity (Wildman–Crippen MR) is 98.2 cm³/mol. The third-order valence-corrected chi connectivity index (χ3v) is 4.15. The number of halogens is 5. The maximum Gasteiger partial charge on any atom is 0.432 e. The summed E-state index contributed by atoms with van der Waals surface area (Å²) in [7, 11) is -0.0522. The lowest BCUT2D eigenvalue weighted by molar-refractivity contribution is -0.884. The molecule has 0 N–H and O–H groups in total. The lowest BCUT2D eigenvalue weighted by atomic mass is 9.97. The molecule has 1 rings (SSSR count). The molecule has 0 aliphatic rings. The van der Waals surface area contributed by atoms with Crippen LogP contribution in [0.2, 0.25) is 0 Å². The average Bonchev–Trinajstić information content (AvgIpc) is 2.48. The van der Waals surface area contributed by atoms with Crippen LogP contribution in [0.5, 0.6) is 0 Å². The fourth-order valence-corrected chi connectivity index (χ4v) is 2.32. The highest BCUT2D eigenvalue weighted by Gasteiger charge is 2.63. The molecule has 1 aromatic rings. The number of ether oxygens (including phenoxy) is 1. The van der Waals surface area contributed by atoms with E-state index in [1.165, 1.54) is 5.56 Å². The summed E-state index contributed by atoms with van der Waals surface area (Å²) in [5, 5.41) is -5.81. The largest absolute Gasteiger partial charge is 0.743 e. The van der Waals surface area contributed by atoms with Crippen LogP contribution in [0.15, 0.2) is 30.3 Å². The summed E-state index contributed by atoms with van der Waals surface area (Å²) in [6.45, 7) is 4.28. The lowest BCUT2D eigenvalue weighted by Crippen LogP contribution is -2.53. The molecule has 174 valence electrons. The molecule has 0 aromatic heterocycles. The zero-order valence-electron chi connectivity index (χ0n) is 17.5. The van der Waals surface area contributed by atoms with Gasteiger partial charge in [-0.2, -0.15) is 22.0 Å². The van der Waals surface area contributed by atoms with Gasteiger partial charge in [-0.25, -0.2) is 8.42 Å². The maximum atomic E-state index is 12.9. The van der Waals surface area contributed by atoms with Crippen LogP contribution >= 0.6 is 0 Å². The lowest BCUT2D eigenvalue weighted by Gasteiger charge is -2.31. The quantitative estimate of drug-likeness (QED) is 0.289. The van der Waals surface area contributed by atoms with Crippen LogP contribution in [0, 0.1) is 5.41 Å². The van der Waals surface area contributed by atoms with E-state index >= 15 is 0 Å². The maximum absolute atomic E-state index is 12.9. The molecule has 0 bridgehead atoms. The van der Waals surface area contributed by atoms with Gasteiger partial charge in [-0.3, -0.25) is 4.79 Å². The molecule has 0 radical (unpaired) electrons. The molecule has 0 aliphatic heterocycles. The molecule has 1 atom stereocenters. The third-order valence-electron chi connectivity index (χ3n) is 3.27. The van der Waals surface area contributed by atoms with Crippen molar-refractivity contribution in [2.45, 2.75) is 44.9 Å². The minimum atomic E-state index is -6.66. The highest BCUT2D eigenvalue weighted by molar-refractivity contribution is 7.86. The van der Waals surface area contributed by atoms with Crippen LogP contribution < -0.4 is 0 Å². The van der Waals surface area contributed by atoms with Crippen LogP contribution in [-0.4, -0.2) is 62.1 Å². The Balaban J connectivity index is 0.000000642. The van der Waals surface area contributed by atoms with Crippen molar-refractivity contribution in [3.63, 3.8) is 0 Å². The summed E-state index contributed by atoms with van der Waals surface area (Å²) in [4.78, 5) is 11.1. The standard InChI is InChI=1S/C10H16N.C8H11F5O5S/c1-11(2,3)9-10-7-5-4-6-8-10;1-6(2,3)5(14)18-4(7(9,10)11)8(12,13)19(15,16)17/h4-8H,9H2,1-3H3;4H,1-3H3,(H,15,16,17)/q+1;/p-1. The number of quaternary nitrogens is 1. The number of hydrogen-bond donors (Lipinski definition) is 0. The Labute approximate surface area is 173 Å². The fourth-order valence-electron chi connectivity index (χ4n) is 1.87. The molecule has 0 saturated heterocycles. The number of nitrogens with zero attached hydrogens (tertiary/aromatic N) is 1. The summed E-state index contributed by atoms with van der Waals surface area (Å²) in [6.07, 6.45) is -10.3. The number of esters is 1. The van der Waals surface area contributed by atoms with Crippen molar-refractivity contribution in [1.29, 1.82) is 0 Å². The molecular weight excluding hydrogens is 437 g/mol. The number of rotatable bonds is 5. The smallest absolute Gasteiger partial charge is 0.432 e. The predicted octanol–water partition coefficient (Wildman–Crippen LogP) is 3.54. The Morgan fingerprint density at radius 2 is 1.47 bits per heavy atom. The monoisotopic (exact) mass is 463 g/mol. The summed E-state index contributed by atoms with van der Waals surface area (Å²) >= 11 is 0. The van der Waals surface area contributed by atoms with Crippen molar-refractivity contribution in [2.75, 3.05) is 21.1 Å². The summed E-state index contributed by atoms with van der Waals surface area (Å²) < 4.78 is 97.9. The summed E-state index contributed by atoms with van der Waals surface area (Å²) in [5.41, 5.74) is -0.188. The van der Waals surface area contributed by atoms with Crippen LogP contribution in [0.3, 0.4) is 0 Å². The van der Waals surface area contributed by atoms with Gasteiger partial charge in [0.2, 0.25) is 0 Å². The van der Waals surface area contributed by atoms with E-state index < -0.39 is 39.0 Å². The fraction of sp³-hybridized carbons (Fsp3) is 0.611. The summed E-state index contributed by atoms with van der Waals surface area (Å²) in [5.74, 6) is -1.72. The molecule has 1 aromatic carbocycles. The van der Waals surface area contributed by atoms with Gasteiger partial charge in [0.1, 0.15) is 6.54 Å². The zero-order valence-corrected chi connectivity index (χ0v) is 18.3. The minimum Gasteiger partial charge on any atom is -0.743 e. The van der Waals surface area contributed by atoms with Crippen LogP contribution in [0.1, 0.15) is 26.3 Å². The number of alkyl halides is 5. The topological polar surface area (TPSA) is 83.5 Å². The third kappa shape index (κ3) is 9.35. The van der Waals surface area contributed by atoms with Gasteiger partial charge in [0.15, 0.2) is 10.1 Å². The van der Waals surface area contributed by atoms with Crippen molar-refractivity contribution in [3.05, 3.63) is 35.9 Å². The highest BCUT2D eigenvalue weighted by atomic mass is 32.2. The van der Waals surface area contributed by atoms with Gasteiger partial charge in [-0.15, -0.1) is 0 Å². The number of benzene rings is 1. The molecule has 0 saturated carbocycles. The molecule has 30 heavy (non-hydrogen) atoms. The second-order valence-electron chi connectivity index (χ2n) is 8.53. The molecule has 0 spiro atoms. The van der Waals surface area contributed by atoms with Crippen LogP contribution in [-0.2, 0) is 26.2 Å². The Morgan fingerprint density at radius 1 is 1.03 bits per heavy atom. The molecule has 0 amide bonds. The van der Waals surface area contributed by atoms with Crippen molar-refractivity contribution in [1.82, 2.24) is 0 Å². The van der Waals surface area contributed by atoms with E-state index in [0.717, 1.165) is 31.8 Å². The molecule has 12 heteroatoms. The van der Waals surface area contributed by atoms with Crippen molar-refractivity contribution >= 4 is 16.1 Å². The Kier molecular flexibility index (Phi) is 8.99. The minimum absolute atomic E-state index is 0.990. The Bertz CT molecular complexity index is 797. The van der Waals surface area contributed by atoms with Crippen molar-refractivity contribution in [2.24, 2.45) is 5.41 Å². The van der Waals surface area contributed by atoms with E-state index in [-0.39, 0.29) is 0 Å². The van der Waals surface area contributed by atoms with Gasteiger partial charge < -0.3 is 13.8 Å². The first-order valence-electron chi connectivity index (χ1n) is 8.54. The Morgan fingerprint density at radius 3 is 1.77 bits per heavy atom. The second-order valence-corrected chi connectivity index (χ2v) is 9.98. The Hall–Kier alpha value is -1.79. The van der Waals surface area contributed by atoms with Gasteiger partial charge in [0.05, 0.1) is 26.6 Å². The van der Waals surface area contributed by atoms with E-state index in [1.807, 2.05) is 0 Å². The zero-order chi connectivity index (χ0) is 24.2. The van der Waals surface area contributed by atoms with Gasteiger partial charge >= 0.3 is 17.4 Å². The van der Waals surface area contributed by atoms with Crippen LogP contribution in [0.4, 0.5) is 22.0 Å². The number of hydrogen-bond acceptors (Lipinski definition) is 5. The number of carbonyl (C=O) groups excluding carboxylic acids is 1. The van der Waals surface area contributed by atoms with Gasteiger partial charge in [0.25, 0.3) is 6.10 Å². The van der Waals surface area contributed by atoms with E-state index in [0.29, 0.717) is 0 Å². The molecule has 0 fully saturated rings. The molecule has 6 nitrogen and oxygen atoms in total. The SMILES string of the molecule is CC(C)(C)C(=O)OC(C(F)(F)F)C(F)(F)S(=O)(=O)[O-].C[N+](C)(C)Cc1ccccc1. The first-order chi connectivity index (χ1) is 13.1.